The standard InChI is InChI=1S/C30H18O13/c31-25(19-11-15-23(16-12-19)37-21-7-3-1-4-8-21)39-27(33)41-29(35)43-30(36)42-28(34)40-26(32)20-13-17-24(18-14-20)38-22-9-5-2-6-10-22/h1-18H. The van der Waals surface area contributed by atoms with Gasteiger partial charge in [0.2, 0.25) is 0 Å². The lowest BCUT2D eigenvalue weighted by Gasteiger charge is -2.07. The van der Waals surface area contributed by atoms with Crippen molar-refractivity contribution in [3.05, 3.63) is 120 Å². The molecule has 0 atom stereocenters. The Morgan fingerprint density at radius 3 is 0.930 bits per heavy atom. The molecule has 0 aliphatic heterocycles. The van der Waals surface area contributed by atoms with E-state index in [2.05, 4.69) is 23.7 Å². The minimum Gasteiger partial charge on any atom is -0.457 e. The largest absolute Gasteiger partial charge is 0.528 e. The normalized spacial score (nSPS) is 9.95. The number of esters is 2. The summed E-state index contributed by atoms with van der Waals surface area (Å²) < 4.78 is 31.7. The zero-order chi connectivity index (χ0) is 30.6. The van der Waals surface area contributed by atoms with Crippen molar-refractivity contribution >= 4 is 36.6 Å². The fraction of sp³-hybridized carbons (Fsp3) is 0. The smallest absolute Gasteiger partial charge is 0.457 e. The lowest BCUT2D eigenvalue weighted by molar-refractivity contribution is 0.0243. The molecule has 4 aromatic rings. The molecule has 4 rings (SSSR count). The van der Waals surface area contributed by atoms with Gasteiger partial charge in [-0.25, -0.2) is 28.8 Å². The van der Waals surface area contributed by atoms with Crippen LogP contribution in [0.5, 0.6) is 23.0 Å². The topological polar surface area (TPSA) is 167 Å². The first-order valence-corrected chi connectivity index (χ1v) is 12.0. The molecule has 4 aromatic carbocycles. The molecule has 13 nitrogen and oxygen atoms in total. The molecule has 0 N–H and O–H groups in total. The number of carbonyl (C=O) groups excluding carboxylic acids is 6. The lowest BCUT2D eigenvalue weighted by atomic mass is 10.2. The molecule has 216 valence electrons. The molecule has 0 aliphatic carbocycles. The van der Waals surface area contributed by atoms with Crippen LogP contribution >= 0.6 is 0 Å². The molecular weight excluding hydrogens is 568 g/mol. The van der Waals surface area contributed by atoms with Crippen LogP contribution in [0.2, 0.25) is 0 Å². The number of carbonyl (C=O) groups is 6. The van der Waals surface area contributed by atoms with Crippen LogP contribution in [-0.2, 0) is 23.7 Å². The van der Waals surface area contributed by atoms with E-state index in [0.717, 1.165) is 0 Å². The van der Waals surface area contributed by atoms with E-state index in [1.54, 1.807) is 48.5 Å². The molecule has 0 saturated heterocycles. The van der Waals surface area contributed by atoms with Crippen molar-refractivity contribution in [1.29, 1.82) is 0 Å². The maximum Gasteiger partial charge on any atom is 0.528 e. The van der Waals surface area contributed by atoms with Gasteiger partial charge in [-0.15, -0.1) is 0 Å². The van der Waals surface area contributed by atoms with Crippen LogP contribution in [0.3, 0.4) is 0 Å². The quantitative estimate of drug-likeness (QED) is 0.131. The van der Waals surface area contributed by atoms with Gasteiger partial charge < -0.3 is 33.2 Å². The van der Waals surface area contributed by atoms with Crippen LogP contribution in [0.15, 0.2) is 109 Å². The summed E-state index contributed by atoms with van der Waals surface area (Å²) in [7, 11) is 0. The summed E-state index contributed by atoms with van der Waals surface area (Å²) in [4.78, 5) is 70.7. The number of hydrogen-bond donors (Lipinski definition) is 0. The Labute approximate surface area is 242 Å². The van der Waals surface area contributed by atoms with Crippen LogP contribution in [0.1, 0.15) is 20.7 Å². The number of ether oxygens (including phenoxy) is 7. The first-order chi connectivity index (χ1) is 20.7. The van der Waals surface area contributed by atoms with Crippen LogP contribution in [0.25, 0.3) is 0 Å². The zero-order valence-corrected chi connectivity index (χ0v) is 21.7. The maximum atomic E-state index is 12.1. The van der Waals surface area contributed by atoms with E-state index in [-0.39, 0.29) is 11.1 Å². The Morgan fingerprint density at radius 1 is 0.326 bits per heavy atom. The summed E-state index contributed by atoms with van der Waals surface area (Å²) in [5.74, 6) is -0.517. The van der Waals surface area contributed by atoms with Gasteiger partial charge >= 0.3 is 36.6 Å². The monoisotopic (exact) mass is 586 g/mol. The van der Waals surface area contributed by atoms with E-state index in [9.17, 15) is 28.8 Å². The van der Waals surface area contributed by atoms with Crippen molar-refractivity contribution in [1.82, 2.24) is 0 Å². The average Bonchev–Trinajstić information content (AvgIpc) is 2.98. The first kappa shape index (κ1) is 29.5. The molecule has 13 heteroatoms. The Morgan fingerprint density at radius 2 is 0.605 bits per heavy atom. The van der Waals surface area contributed by atoms with Gasteiger partial charge in [0, 0.05) is 0 Å². The third-order valence-electron chi connectivity index (χ3n) is 4.99. The van der Waals surface area contributed by atoms with Crippen LogP contribution < -0.4 is 9.47 Å². The summed E-state index contributed by atoms with van der Waals surface area (Å²) in [6.45, 7) is 0. The van der Waals surface area contributed by atoms with Crippen LogP contribution in [0, 0.1) is 0 Å². The van der Waals surface area contributed by atoms with Gasteiger partial charge in [0.1, 0.15) is 23.0 Å². The van der Waals surface area contributed by atoms with Crippen molar-refractivity contribution in [2.75, 3.05) is 0 Å². The molecule has 0 fully saturated rings. The molecule has 0 aliphatic rings. The van der Waals surface area contributed by atoms with Gasteiger partial charge in [0.05, 0.1) is 11.1 Å². The molecule has 0 unspecified atom stereocenters. The lowest BCUT2D eigenvalue weighted by Crippen LogP contribution is -2.23. The molecular formula is C30H18O13. The molecule has 0 amide bonds. The van der Waals surface area contributed by atoms with Crippen molar-refractivity contribution in [3.8, 4) is 23.0 Å². The Bertz CT molecular complexity index is 1490. The summed E-state index contributed by atoms with van der Waals surface area (Å²) in [5.41, 5.74) is -0.202. The van der Waals surface area contributed by atoms with Gasteiger partial charge in [0.15, 0.2) is 0 Å². The second-order valence-corrected chi connectivity index (χ2v) is 7.96. The van der Waals surface area contributed by atoms with Gasteiger partial charge in [-0.2, -0.15) is 0 Å². The van der Waals surface area contributed by atoms with Gasteiger partial charge in [-0.1, -0.05) is 36.4 Å². The summed E-state index contributed by atoms with van der Waals surface area (Å²) in [6.07, 6.45) is -7.68. The Balaban J connectivity index is 1.17. The summed E-state index contributed by atoms with van der Waals surface area (Å²) in [6, 6.07) is 28.4. The van der Waals surface area contributed by atoms with E-state index in [1.807, 2.05) is 12.1 Å². The minimum absolute atomic E-state index is 0.101. The first-order valence-electron chi connectivity index (χ1n) is 12.0. The number of benzene rings is 4. The van der Waals surface area contributed by atoms with Gasteiger partial charge in [-0.05, 0) is 72.8 Å². The molecule has 0 spiro atoms. The van der Waals surface area contributed by atoms with Crippen molar-refractivity contribution in [2.24, 2.45) is 0 Å². The molecule has 0 saturated carbocycles. The van der Waals surface area contributed by atoms with Crippen molar-refractivity contribution in [3.63, 3.8) is 0 Å². The van der Waals surface area contributed by atoms with Crippen LogP contribution in [0.4, 0.5) is 19.2 Å². The summed E-state index contributed by atoms with van der Waals surface area (Å²) in [5, 5.41) is 0. The van der Waals surface area contributed by atoms with Crippen LogP contribution in [-0.4, -0.2) is 36.6 Å². The molecule has 43 heavy (non-hydrogen) atoms. The molecule has 0 heterocycles. The van der Waals surface area contributed by atoms with E-state index >= 15 is 0 Å². The Hall–Kier alpha value is -6.50. The maximum absolute atomic E-state index is 12.1. The van der Waals surface area contributed by atoms with Crippen molar-refractivity contribution < 1.29 is 61.9 Å². The number of hydrogen-bond acceptors (Lipinski definition) is 13. The predicted molar refractivity (Wildman–Crippen MR) is 142 cm³/mol. The molecule has 0 radical (unpaired) electrons. The fourth-order valence-corrected chi connectivity index (χ4v) is 3.12. The summed E-state index contributed by atoms with van der Waals surface area (Å²) >= 11 is 0. The van der Waals surface area contributed by atoms with Gasteiger partial charge in [0.25, 0.3) is 0 Å². The highest BCUT2D eigenvalue weighted by atomic mass is 16.9. The van der Waals surface area contributed by atoms with E-state index < -0.39 is 36.6 Å². The number of para-hydroxylation sites is 2. The minimum atomic E-state index is -2.00. The zero-order valence-electron chi connectivity index (χ0n) is 21.7. The van der Waals surface area contributed by atoms with Crippen molar-refractivity contribution in [2.45, 2.75) is 0 Å². The van der Waals surface area contributed by atoms with E-state index in [1.165, 1.54) is 48.5 Å². The second kappa shape index (κ2) is 14.2. The van der Waals surface area contributed by atoms with E-state index in [4.69, 9.17) is 9.47 Å². The predicted octanol–water partition coefficient (Wildman–Crippen LogP) is 6.81. The highest BCUT2D eigenvalue weighted by Crippen LogP contribution is 2.22. The average molecular weight is 586 g/mol. The highest BCUT2D eigenvalue weighted by molar-refractivity contribution is 5.98. The Kier molecular flexibility index (Phi) is 9.75. The third kappa shape index (κ3) is 9.29. The SMILES string of the molecule is O=C(OC(=O)OC(=O)OC(=O)c1ccc(Oc2ccccc2)cc1)OC(=O)OC(=O)c1ccc(Oc2ccccc2)cc1. The fourth-order valence-electron chi connectivity index (χ4n) is 3.12. The molecule has 0 bridgehead atoms. The number of rotatable bonds is 6. The molecule has 0 aromatic heterocycles. The van der Waals surface area contributed by atoms with Gasteiger partial charge in [-0.3, -0.25) is 0 Å². The highest BCUT2D eigenvalue weighted by Gasteiger charge is 2.25. The van der Waals surface area contributed by atoms with E-state index in [0.29, 0.717) is 23.0 Å². The third-order valence-corrected chi connectivity index (χ3v) is 4.99. The second-order valence-electron chi connectivity index (χ2n) is 7.96.